The first-order valence-electron chi connectivity index (χ1n) is 9.53. The Morgan fingerprint density at radius 1 is 1.28 bits per heavy atom. The number of rotatable bonds is 8. The smallest absolute Gasteiger partial charge is 0.250 e. The van der Waals surface area contributed by atoms with Gasteiger partial charge in [0, 0.05) is 31.1 Å². The van der Waals surface area contributed by atoms with Gasteiger partial charge in [0.15, 0.2) is 5.82 Å². The maximum absolute atomic E-state index is 9.59. The molecule has 3 aromatic heterocycles. The molecule has 0 bridgehead atoms. The third-order valence-electron chi connectivity index (χ3n) is 4.36. The van der Waals surface area contributed by atoms with Crippen molar-refractivity contribution in [3.8, 4) is 18.1 Å². The zero-order valence-electron chi connectivity index (χ0n) is 17.8. The third-order valence-corrected chi connectivity index (χ3v) is 4.36. The summed E-state index contributed by atoms with van der Waals surface area (Å²) in [5, 5.41) is 35.0. The normalized spacial score (nSPS) is 11.7. The molecule has 3 rings (SSSR count). The molecule has 3 aromatic rings. The van der Waals surface area contributed by atoms with Crippen LogP contribution in [0.25, 0.3) is 12.0 Å². The lowest BCUT2D eigenvalue weighted by atomic mass is 10.1. The fourth-order valence-corrected chi connectivity index (χ4v) is 2.88. The molecule has 32 heavy (non-hydrogen) atoms. The van der Waals surface area contributed by atoms with E-state index in [4.69, 9.17) is 4.74 Å². The van der Waals surface area contributed by atoms with E-state index in [0.717, 1.165) is 0 Å². The second kappa shape index (κ2) is 10.0. The Hall–Kier alpha value is -4.48. The van der Waals surface area contributed by atoms with Crippen molar-refractivity contribution in [1.29, 1.82) is 10.5 Å². The maximum atomic E-state index is 9.59. The molecule has 0 spiro atoms. The van der Waals surface area contributed by atoms with E-state index < -0.39 is 0 Å². The van der Waals surface area contributed by atoms with Gasteiger partial charge in [0.1, 0.15) is 23.4 Å². The van der Waals surface area contributed by atoms with Gasteiger partial charge in [0.05, 0.1) is 24.1 Å². The number of ether oxygens (including phenoxy) is 1. The van der Waals surface area contributed by atoms with Crippen molar-refractivity contribution < 1.29 is 4.74 Å². The molecule has 160 valence electrons. The van der Waals surface area contributed by atoms with Crippen LogP contribution in [0.4, 0.5) is 17.3 Å². The van der Waals surface area contributed by atoms with Gasteiger partial charge in [0.25, 0.3) is 5.95 Å². The van der Waals surface area contributed by atoms with Crippen molar-refractivity contribution in [1.82, 2.24) is 24.7 Å². The van der Waals surface area contributed by atoms with Crippen LogP contribution < -0.4 is 5.32 Å². The van der Waals surface area contributed by atoms with Gasteiger partial charge < -0.3 is 10.1 Å². The van der Waals surface area contributed by atoms with Crippen LogP contribution in [-0.4, -0.2) is 44.5 Å². The van der Waals surface area contributed by atoms with Crippen LogP contribution in [0.5, 0.6) is 0 Å². The summed E-state index contributed by atoms with van der Waals surface area (Å²) in [5.74, 6) is 0.789. The van der Waals surface area contributed by atoms with Crippen LogP contribution in [0.15, 0.2) is 41.5 Å². The first kappa shape index (κ1) is 22.2. The molecule has 0 radical (unpaired) electrons. The Bertz CT molecular complexity index is 1230. The summed E-state index contributed by atoms with van der Waals surface area (Å²) in [7, 11) is 1.60. The van der Waals surface area contributed by atoms with E-state index in [1.807, 2.05) is 13.0 Å². The van der Waals surface area contributed by atoms with Crippen LogP contribution in [0, 0.1) is 29.6 Å². The monoisotopic (exact) mass is 428 g/mol. The van der Waals surface area contributed by atoms with E-state index in [2.05, 4.69) is 48.2 Å². The third kappa shape index (κ3) is 4.64. The Morgan fingerprint density at radius 3 is 2.66 bits per heavy atom. The van der Waals surface area contributed by atoms with Gasteiger partial charge >= 0.3 is 0 Å². The lowest BCUT2D eigenvalue weighted by molar-refractivity contribution is 0.190. The fourth-order valence-electron chi connectivity index (χ4n) is 2.88. The zero-order valence-corrected chi connectivity index (χ0v) is 17.8. The summed E-state index contributed by atoms with van der Waals surface area (Å²) < 4.78 is 6.52. The second-order valence-corrected chi connectivity index (χ2v) is 6.68. The predicted octanol–water partition coefficient (Wildman–Crippen LogP) is 3.61. The Balaban J connectivity index is 2.08. The fraction of sp³-hybridized carbons (Fsp3) is 0.238. The van der Waals surface area contributed by atoms with Gasteiger partial charge in [0.2, 0.25) is 5.82 Å². The quantitative estimate of drug-likeness (QED) is 0.534. The minimum absolute atomic E-state index is 0.0848. The second-order valence-electron chi connectivity index (χ2n) is 6.68. The predicted molar refractivity (Wildman–Crippen MR) is 117 cm³/mol. The summed E-state index contributed by atoms with van der Waals surface area (Å²) in [6.45, 7) is 7.83. The molecule has 0 aliphatic rings. The van der Waals surface area contributed by atoms with E-state index in [-0.39, 0.29) is 17.4 Å². The highest BCUT2D eigenvalue weighted by Crippen LogP contribution is 2.34. The van der Waals surface area contributed by atoms with Crippen molar-refractivity contribution >= 4 is 23.4 Å². The number of anilines is 1. The summed E-state index contributed by atoms with van der Waals surface area (Å²) in [4.78, 5) is 12.7. The van der Waals surface area contributed by atoms with Crippen LogP contribution >= 0.6 is 0 Å². The first-order chi connectivity index (χ1) is 15.5. The molecule has 0 aromatic carbocycles. The Morgan fingerprint density at radius 2 is 2.03 bits per heavy atom. The molecule has 1 atom stereocenters. The lowest BCUT2D eigenvalue weighted by Crippen LogP contribution is -2.22. The summed E-state index contributed by atoms with van der Waals surface area (Å²) in [6, 6.07) is 5.75. The first-order valence-corrected chi connectivity index (χ1v) is 9.53. The van der Waals surface area contributed by atoms with Gasteiger partial charge in [-0.25, -0.2) is 19.6 Å². The number of methoxy groups -OCH3 is 1. The minimum Gasteiger partial charge on any atom is -0.383 e. The van der Waals surface area contributed by atoms with Crippen molar-refractivity contribution in [3.05, 3.63) is 53.6 Å². The largest absolute Gasteiger partial charge is 0.383 e. The number of azo groups is 1. The summed E-state index contributed by atoms with van der Waals surface area (Å²) in [6.07, 6.45) is 6.11. The average molecular weight is 428 g/mol. The van der Waals surface area contributed by atoms with E-state index in [1.54, 1.807) is 32.5 Å². The summed E-state index contributed by atoms with van der Waals surface area (Å²) in [5.41, 5.74) is 1.88. The molecule has 11 nitrogen and oxygen atoms in total. The van der Waals surface area contributed by atoms with Gasteiger partial charge in [-0.2, -0.15) is 10.5 Å². The lowest BCUT2D eigenvalue weighted by Gasteiger charge is -2.17. The number of pyridine rings is 1. The van der Waals surface area contributed by atoms with Crippen LogP contribution in [0.1, 0.15) is 29.3 Å². The van der Waals surface area contributed by atoms with Crippen LogP contribution in [0.3, 0.4) is 0 Å². The number of nitriles is 2. The van der Waals surface area contributed by atoms with Gasteiger partial charge in [-0.3, -0.25) is 0 Å². The SMILES string of the molecule is C=Cc1nc(NC(C)COC)c(N=Nc2nn(-c3ncccn3)cc2C#N)c(C)c1C#N. The van der Waals surface area contributed by atoms with Crippen LogP contribution in [0.2, 0.25) is 0 Å². The van der Waals surface area contributed by atoms with Gasteiger partial charge in [-0.15, -0.1) is 15.3 Å². The molecular weight excluding hydrogens is 408 g/mol. The number of nitrogens with zero attached hydrogens (tertiary/aromatic N) is 9. The molecule has 0 aliphatic carbocycles. The van der Waals surface area contributed by atoms with Crippen molar-refractivity contribution in [2.24, 2.45) is 10.2 Å². The number of aromatic nitrogens is 5. The van der Waals surface area contributed by atoms with E-state index in [9.17, 15) is 10.5 Å². The minimum atomic E-state index is -0.0874. The highest BCUT2D eigenvalue weighted by atomic mass is 16.5. The molecule has 0 aliphatic heterocycles. The number of hydrogen-bond acceptors (Lipinski definition) is 10. The number of nitrogens with one attached hydrogen (secondary N) is 1. The molecule has 0 saturated carbocycles. The van der Waals surface area contributed by atoms with E-state index >= 15 is 0 Å². The van der Waals surface area contributed by atoms with E-state index in [0.29, 0.717) is 40.9 Å². The van der Waals surface area contributed by atoms with E-state index in [1.165, 1.54) is 17.0 Å². The molecule has 11 heteroatoms. The van der Waals surface area contributed by atoms with Crippen molar-refractivity contribution in [2.75, 3.05) is 19.0 Å². The molecule has 1 unspecified atom stereocenters. The standard InChI is InChI=1S/C21H20N10O/c1-5-17-16(10-23)14(3)18(20(27-17)26-13(2)12-32-4)28-29-19-15(9-22)11-31(30-19)21-24-7-6-8-25-21/h5-8,11,13H,1,12H2,2-4H3,(H,26,27). The molecule has 3 heterocycles. The highest BCUT2D eigenvalue weighted by molar-refractivity contribution is 5.73. The molecule has 0 fully saturated rings. The molecule has 0 saturated heterocycles. The van der Waals surface area contributed by atoms with Gasteiger partial charge in [-0.1, -0.05) is 6.58 Å². The summed E-state index contributed by atoms with van der Waals surface area (Å²) >= 11 is 0. The van der Waals surface area contributed by atoms with Crippen LogP contribution in [-0.2, 0) is 4.74 Å². The molecular formula is C21H20N10O. The zero-order chi connectivity index (χ0) is 23.1. The number of hydrogen-bond donors (Lipinski definition) is 1. The topological polar surface area (TPSA) is 150 Å². The van der Waals surface area contributed by atoms with Crippen molar-refractivity contribution in [3.63, 3.8) is 0 Å². The molecule has 0 amide bonds. The Kier molecular flexibility index (Phi) is 6.95. The van der Waals surface area contributed by atoms with Gasteiger partial charge in [-0.05, 0) is 26.0 Å². The average Bonchev–Trinajstić information content (AvgIpc) is 3.22. The molecule has 1 N–H and O–H groups in total. The maximum Gasteiger partial charge on any atom is 0.250 e. The highest BCUT2D eigenvalue weighted by Gasteiger charge is 2.18. The Labute approximate surface area is 184 Å². The van der Waals surface area contributed by atoms with Crippen molar-refractivity contribution in [2.45, 2.75) is 19.9 Å².